The van der Waals surface area contributed by atoms with Crippen molar-refractivity contribution in [3.05, 3.63) is 59.5 Å². The van der Waals surface area contributed by atoms with Crippen molar-refractivity contribution in [3.8, 4) is 0 Å². The molecule has 0 aliphatic rings. The molecule has 1 aromatic heterocycles. The Morgan fingerprint density at radius 2 is 1.91 bits per heavy atom. The zero-order valence-electron chi connectivity index (χ0n) is 11.6. The third-order valence-electron chi connectivity index (χ3n) is 2.74. The molecule has 0 unspecified atom stereocenters. The van der Waals surface area contributed by atoms with Crippen LogP contribution in [0.2, 0.25) is 0 Å². The van der Waals surface area contributed by atoms with Crippen molar-refractivity contribution in [2.45, 2.75) is 0 Å². The number of nitrogens with zero attached hydrogens (tertiary/aromatic N) is 1. The lowest BCUT2D eigenvalue weighted by molar-refractivity contribution is -0.125. The van der Waals surface area contributed by atoms with Crippen LogP contribution in [0.25, 0.3) is 6.08 Å². The van der Waals surface area contributed by atoms with Gasteiger partial charge in [-0.1, -0.05) is 30.3 Å². The van der Waals surface area contributed by atoms with Gasteiger partial charge in [0, 0.05) is 6.08 Å². The van der Waals surface area contributed by atoms with Crippen LogP contribution < -0.4 is 5.32 Å². The summed E-state index contributed by atoms with van der Waals surface area (Å²) >= 11 is 1.33. The Bertz CT molecular complexity index is 666. The van der Waals surface area contributed by atoms with Gasteiger partial charge in [-0.25, -0.2) is 4.79 Å². The molecule has 0 saturated carbocycles. The average Bonchev–Trinajstić information content (AvgIpc) is 3.04. The number of carbonyl (C=O) groups is 3. The van der Waals surface area contributed by atoms with Gasteiger partial charge in [-0.2, -0.15) is 0 Å². The van der Waals surface area contributed by atoms with Gasteiger partial charge in [0.05, 0.1) is 11.5 Å². The number of urea groups is 1. The Kier molecular flexibility index (Phi) is 5.62. The van der Waals surface area contributed by atoms with E-state index in [0.717, 1.165) is 10.5 Å². The third-order valence-corrected chi connectivity index (χ3v) is 3.52. The Morgan fingerprint density at radius 3 is 2.55 bits per heavy atom. The number of hydrogen-bond donors (Lipinski definition) is 1. The Morgan fingerprint density at radius 1 is 1.14 bits per heavy atom. The lowest BCUT2D eigenvalue weighted by Crippen LogP contribution is -2.40. The molecule has 0 saturated heterocycles. The summed E-state index contributed by atoms with van der Waals surface area (Å²) in [5.41, 5.74) is 0.834. The fourth-order valence-corrected chi connectivity index (χ4v) is 2.30. The third kappa shape index (κ3) is 4.39. The summed E-state index contributed by atoms with van der Waals surface area (Å²) in [6.45, 7) is -0.296. The normalized spacial score (nSPS) is 10.4. The van der Waals surface area contributed by atoms with Crippen LogP contribution in [0.15, 0.2) is 53.9 Å². The molecule has 112 valence electrons. The summed E-state index contributed by atoms with van der Waals surface area (Å²) in [7, 11) is 0. The molecule has 5 nitrogen and oxygen atoms in total. The molecule has 0 aliphatic heterocycles. The van der Waals surface area contributed by atoms with Crippen LogP contribution >= 0.6 is 11.3 Å². The first-order chi connectivity index (χ1) is 10.7. The summed E-state index contributed by atoms with van der Waals surface area (Å²) < 4.78 is 0. The summed E-state index contributed by atoms with van der Waals surface area (Å²) in [4.78, 5) is 35.7. The molecule has 0 atom stereocenters. The van der Waals surface area contributed by atoms with E-state index in [1.807, 2.05) is 30.3 Å². The second-order valence-electron chi connectivity index (χ2n) is 4.27. The van der Waals surface area contributed by atoms with Gasteiger partial charge in [0.15, 0.2) is 0 Å². The number of rotatable bonds is 5. The number of anilines is 1. The quantitative estimate of drug-likeness (QED) is 0.681. The number of amides is 3. The molecular formula is C16H14N2O3S. The van der Waals surface area contributed by atoms with E-state index in [9.17, 15) is 14.4 Å². The number of aldehydes is 1. The van der Waals surface area contributed by atoms with Crippen LogP contribution in [-0.4, -0.2) is 29.7 Å². The zero-order valence-corrected chi connectivity index (χ0v) is 12.5. The molecule has 2 aromatic rings. The van der Waals surface area contributed by atoms with Crippen LogP contribution in [0.3, 0.4) is 0 Å². The minimum Gasteiger partial charge on any atom is -0.301 e. The number of imide groups is 1. The van der Waals surface area contributed by atoms with Gasteiger partial charge in [-0.3, -0.25) is 15.0 Å². The molecule has 0 bridgehead atoms. The van der Waals surface area contributed by atoms with Crippen molar-refractivity contribution in [3.63, 3.8) is 0 Å². The number of nitrogens with one attached hydrogen (secondary N) is 1. The van der Waals surface area contributed by atoms with Gasteiger partial charge in [-0.15, -0.1) is 11.3 Å². The average molecular weight is 314 g/mol. The van der Waals surface area contributed by atoms with Gasteiger partial charge in [0.2, 0.25) is 0 Å². The molecule has 1 aromatic carbocycles. The molecule has 2 rings (SSSR count). The first-order valence-electron chi connectivity index (χ1n) is 6.53. The van der Waals surface area contributed by atoms with E-state index in [1.165, 1.54) is 17.4 Å². The molecule has 0 fully saturated rings. The van der Waals surface area contributed by atoms with Crippen LogP contribution in [-0.2, 0) is 9.59 Å². The highest BCUT2D eigenvalue weighted by atomic mass is 32.1. The maximum Gasteiger partial charge on any atom is 0.329 e. The van der Waals surface area contributed by atoms with Crippen LogP contribution in [0.5, 0.6) is 0 Å². The molecular weight excluding hydrogens is 300 g/mol. The minimum atomic E-state index is -0.628. The maximum absolute atomic E-state index is 12.1. The molecule has 0 aliphatic carbocycles. The Labute approximate surface area is 131 Å². The van der Waals surface area contributed by atoms with Gasteiger partial charge < -0.3 is 4.79 Å². The number of benzene rings is 1. The summed E-state index contributed by atoms with van der Waals surface area (Å²) in [5.74, 6) is -0.551. The van der Waals surface area contributed by atoms with Crippen molar-refractivity contribution in [2.75, 3.05) is 11.9 Å². The van der Waals surface area contributed by atoms with E-state index >= 15 is 0 Å². The highest BCUT2D eigenvalue weighted by Crippen LogP contribution is 2.15. The van der Waals surface area contributed by atoms with Crippen molar-refractivity contribution in [1.82, 2.24) is 4.90 Å². The maximum atomic E-state index is 12.1. The molecule has 0 radical (unpaired) electrons. The molecule has 1 heterocycles. The molecule has 6 heteroatoms. The van der Waals surface area contributed by atoms with E-state index in [4.69, 9.17) is 0 Å². The second kappa shape index (κ2) is 7.90. The fourth-order valence-electron chi connectivity index (χ4n) is 1.69. The number of thiophene rings is 1. The van der Waals surface area contributed by atoms with E-state index in [2.05, 4.69) is 5.32 Å². The largest absolute Gasteiger partial charge is 0.329 e. The highest BCUT2D eigenvalue weighted by molar-refractivity contribution is 7.14. The minimum absolute atomic E-state index is 0.296. The highest BCUT2D eigenvalue weighted by Gasteiger charge is 2.19. The number of hydrogen-bond acceptors (Lipinski definition) is 4. The summed E-state index contributed by atoms with van der Waals surface area (Å²) in [5, 5.41) is 4.99. The monoisotopic (exact) mass is 314 g/mol. The van der Waals surface area contributed by atoms with Crippen LogP contribution in [0.4, 0.5) is 9.80 Å². The van der Waals surface area contributed by atoms with Crippen LogP contribution in [0, 0.1) is 0 Å². The number of carbonyl (C=O) groups excluding carboxylic acids is 3. The smallest absolute Gasteiger partial charge is 0.301 e. The van der Waals surface area contributed by atoms with Gasteiger partial charge in [0.1, 0.15) is 6.29 Å². The molecule has 1 N–H and O–H groups in total. The predicted molar refractivity (Wildman–Crippen MR) is 86.6 cm³/mol. The van der Waals surface area contributed by atoms with E-state index in [0.29, 0.717) is 11.3 Å². The van der Waals surface area contributed by atoms with Gasteiger partial charge in [-0.05, 0) is 29.2 Å². The van der Waals surface area contributed by atoms with Gasteiger partial charge >= 0.3 is 6.03 Å². The molecule has 3 amide bonds. The standard InChI is InChI=1S/C16H14N2O3S/c19-11-10-18(16(21)17-14-7-4-12-22-14)15(20)9-8-13-5-2-1-3-6-13/h1-9,11-12H,10H2,(H,17,21)/b9-8+. The fraction of sp³-hybridized carbons (Fsp3) is 0.0625. The predicted octanol–water partition coefficient (Wildman–Crippen LogP) is 3.02. The SMILES string of the molecule is O=CCN(C(=O)/C=C/c1ccccc1)C(=O)Nc1cccs1. The summed E-state index contributed by atoms with van der Waals surface area (Å²) in [6, 6.07) is 12.1. The van der Waals surface area contributed by atoms with Crippen molar-refractivity contribution in [2.24, 2.45) is 0 Å². The first kappa shape index (κ1) is 15.7. The van der Waals surface area contributed by atoms with Crippen molar-refractivity contribution in [1.29, 1.82) is 0 Å². The topological polar surface area (TPSA) is 66.5 Å². The van der Waals surface area contributed by atoms with Gasteiger partial charge in [0.25, 0.3) is 5.91 Å². The van der Waals surface area contributed by atoms with E-state index < -0.39 is 11.9 Å². The lowest BCUT2D eigenvalue weighted by atomic mass is 10.2. The van der Waals surface area contributed by atoms with Crippen molar-refractivity contribution >= 4 is 40.6 Å². The first-order valence-corrected chi connectivity index (χ1v) is 7.41. The van der Waals surface area contributed by atoms with E-state index in [-0.39, 0.29) is 6.54 Å². The van der Waals surface area contributed by atoms with Crippen molar-refractivity contribution < 1.29 is 14.4 Å². The van der Waals surface area contributed by atoms with Crippen LogP contribution in [0.1, 0.15) is 5.56 Å². The second-order valence-corrected chi connectivity index (χ2v) is 5.21. The lowest BCUT2D eigenvalue weighted by Gasteiger charge is -2.16. The Balaban J connectivity index is 2.06. The summed E-state index contributed by atoms with van der Waals surface area (Å²) in [6.07, 6.45) is 3.38. The Hall–Kier alpha value is -2.73. The molecule has 22 heavy (non-hydrogen) atoms. The van der Waals surface area contributed by atoms with E-state index in [1.54, 1.807) is 23.6 Å². The zero-order chi connectivity index (χ0) is 15.8. The molecule has 0 spiro atoms.